The average Bonchev–Trinajstić information content (AvgIpc) is 3.16. The molecule has 0 spiro atoms. The van der Waals surface area contributed by atoms with Gasteiger partial charge in [0.15, 0.2) is 11.6 Å². The molecular weight excluding hydrogens is 254 g/mol. The Kier molecular flexibility index (Phi) is 4.56. The molecule has 5 heteroatoms. The lowest BCUT2D eigenvalue weighted by Gasteiger charge is -2.10. The fourth-order valence-electron chi connectivity index (χ4n) is 1.58. The van der Waals surface area contributed by atoms with Crippen LogP contribution in [-0.2, 0) is 0 Å². The van der Waals surface area contributed by atoms with Gasteiger partial charge in [-0.15, -0.1) is 11.8 Å². The molecule has 1 aromatic rings. The molecule has 0 saturated heterocycles. The molecule has 2 rings (SSSR count). The Balaban J connectivity index is 1.76. The van der Waals surface area contributed by atoms with Gasteiger partial charge < -0.3 is 0 Å². The Hall–Kier alpha value is -1.12. The largest absolute Gasteiger partial charge is 0.299 e. The second-order valence-electron chi connectivity index (χ2n) is 4.34. The number of hydrogen-bond donors (Lipinski definition) is 1. The summed E-state index contributed by atoms with van der Waals surface area (Å²) in [5.41, 5.74) is 0. The third-order valence-electron chi connectivity index (χ3n) is 2.74. The minimum atomic E-state index is -0.829. The molecule has 0 bridgehead atoms. The quantitative estimate of drug-likeness (QED) is 0.805. The molecule has 1 fully saturated rings. The standard InChI is InChI=1S/C13H14F2N2S/c14-12-4-3-11(7-13(12)15)18-6-5-10(8-16)17-9-1-2-9/h3-4,7,9-10,17H,1-2,5-6H2. The van der Waals surface area contributed by atoms with Crippen LogP contribution in [0.25, 0.3) is 0 Å². The van der Waals surface area contributed by atoms with Gasteiger partial charge in [-0.2, -0.15) is 5.26 Å². The lowest BCUT2D eigenvalue weighted by molar-refractivity contribution is 0.506. The molecule has 18 heavy (non-hydrogen) atoms. The normalized spacial score (nSPS) is 16.3. The van der Waals surface area contributed by atoms with Gasteiger partial charge in [-0.05, 0) is 37.5 Å². The first-order valence-electron chi connectivity index (χ1n) is 5.92. The molecule has 0 amide bonds. The maximum Gasteiger partial charge on any atom is 0.159 e. The van der Waals surface area contributed by atoms with E-state index in [1.807, 2.05) is 0 Å². The van der Waals surface area contributed by atoms with Crippen LogP contribution in [0, 0.1) is 23.0 Å². The Morgan fingerprint density at radius 3 is 2.78 bits per heavy atom. The number of nitrogens with one attached hydrogen (secondary N) is 1. The minimum absolute atomic E-state index is 0.143. The Morgan fingerprint density at radius 2 is 2.17 bits per heavy atom. The highest BCUT2D eigenvalue weighted by molar-refractivity contribution is 7.99. The topological polar surface area (TPSA) is 35.8 Å². The molecule has 96 valence electrons. The number of thioether (sulfide) groups is 1. The number of halogens is 2. The SMILES string of the molecule is N#CC(CCSc1ccc(F)c(F)c1)NC1CC1. The first-order valence-corrected chi connectivity index (χ1v) is 6.91. The number of rotatable bonds is 6. The van der Waals surface area contributed by atoms with E-state index in [-0.39, 0.29) is 6.04 Å². The predicted molar refractivity (Wildman–Crippen MR) is 67.3 cm³/mol. The predicted octanol–water partition coefficient (Wildman–Crippen LogP) is 3.09. The molecule has 1 unspecified atom stereocenters. The van der Waals surface area contributed by atoms with Crippen molar-refractivity contribution in [3.8, 4) is 6.07 Å². The van der Waals surface area contributed by atoms with Crippen molar-refractivity contribution in [2.75, 3.05) is 5.75 Å². The van der Waals surface area contributed by atoms with E-state index >= 15 is 0 Å². The van der Waals surface area contributed by atoms with E-state index in [9.17, 15) is 8.78 Å². The maximum absolute atomic E-state index is 13.0. The fourth-order valence-corrected chi connectivity index (χ4v) is 2.52. The van der Waals surface area contributed by atoms with Crippen LogP contribution in [0.4, 0.5) is 8.78 Å². The highest BCUT2D eigenvalue weighted by Crippen LogP contribution is 2.23. The van der Waals surface area contributed by atoms with Crippen molar-refractivity contribution in [2.24, 2.45) is 0 Å². The van der Waals surface area contributed by atoms with E-state index in [0.29, 0.717) is 23.1 Å². The van der Waals surface area contributed by atoms with E-state index in [0.717, 1.165) is 18.9 Å². The molecule has 0 aromatic heterocycles. The zero-order valence-corrected chi connectivity index (χ0v) is 10.6. The van der Waals surface area contributed by atoms with E-state index < -0.39 is 11.6 Å². The lowest BCUT2D eigenvalue weighted by atomic mass is 10.2. The zero-order chi connectivity index (χ0) is 13.0. The van der Waals surface area contributed by atoms with Gasteiger partial charge in [0, 0.05) is 16.7 Å². The van der Waals surface area contributed by atoms with Crippen molar-refractivity contribution < 1.29 is 8.78 Å². The van der Waals surface area contributed by atoms with Crippen molar-refractivity contribution in [3.63, 3.8) is 0 Å². The van der Waals surface area contributed by atoms with Gasteiger partial charge in [-0.25, -0.2) is 8.78 Å². The molecular formula is C13H14F2N2S. The summed E-state index contributed by atoms with van der Waals surface area (Å²) >= 11 is 1.44. The summed E-state index contributed by atoms with van der Waals surface area (Å²) in [7, 11) is 0. The highest BCUT2D eigenvalue weighted by atomic mass is 32.2. The Bertz CT molecular complexity index is 455. The summed E-state index contributed by atoms with van der Waals surface area (Å²) in [6, 6.07) is 6.45. The second kappa shape index (κ2) is 6.17. The summed E-state index contributed by atoms with van der Waals surface area (Å²) in [5, 5.41) is 12.2. The number of nitriles is 1. The molecule has 0 heterocycles. The summed E-state index contributed by atoms with van der Waals surface area (Å²) in [5.74, 6) is -0.944. The molecule has 0 radical (unpaired) electrons. The van der Waals surface area contributed by atoms with Gasteiger partial charge in [0.05, 0.1) is 12.1 Å². The van der Waals surface area contributed by atoms with Crippen molar-refractivity contribution in [3.05, 3.63) is 29.8 Å². The monoisotopic (exact) mass is 268 g/mol. The summed E-state index contributed by atoms with van der Waals surface area (Å²) in [6.45, 7) is 0. The first kappa shape index (κ1) is 13.3. The van der Waals surface area contributed by atoms with Crippen LogP contribution < -0.4 is 5.32 Å². The Labute approximate surface area is 109 Å². The van der Waals surface area contributed by atoms with E-state index in [2.05, 4.69) is 11.4 Å². The fraction of sp³-hybridized carbons (Fsp3) is 0.462. The molecule has 1 N–H and O–H groups in total. The Morgan fingerprint density at radius 1 is 1.39 bits per heavy atom. The smallest absolute Gasteiger partial charge is 0.159 e. The zero-order valence-electron chi connectivity index (χ0n) is 9.83. The van der Waals surface area contributed by atoms with Crippen LogP contribution in [0.1, 0.15) is 19.3 Å². The lowest BCUT2D eigenvalue weighted by Crippen LogP contribution is -2.29. The van der Waals surface area contributed by atoms with Crippen LogP contribution in [-0.4, -0.2) is 17.8 Å². The van der Waals surface area contributed by atoms with E-state index in [1.54, 1.807) is 6.07 Å². The highest BCUT2D eigenvalue weighted by Gasteiger charge is 2.24. The summed E-state index contributed by atoms with van der Waals surface area (Å²) < 4.78 is 25.7. The molecule has 2 nitrogen and oxygen atoms in total. The average molecular weight is 268 g/mol. The second-order valence-corrected chi connectivity index (χ2v) is 5.50. The van der Waals surface area contributed by atoms with Gasteiger partial charge in [0.25, 0.3) is 0 Å². The summed E-state index contributed by atoms with van der Waals surface area (Å²) in [6.07, 6.45) is 3.00. The number of nitrogens with zero attached hydrogens (tertiary/aromatic N) is 1. The van der Waals surface area contributed by atoms with Crippen LogP contribution >= 0.6 is 11.8 Å². The first-order chi connectivity index (χ1) is 8.69. The van der Waals surface area contributed by atoms with Crippen molar-refractivity contribution in [1.82, 2.24) is 5.32 Å². The van der Waals surface area contributed by atoms with E-state index in [4.69, 9.17) is 5.26 Å². The molecule has 1 aliphatic carbocycles. The van der Waals surface area contributed by atoms with Crippen molar-refractivity contribution in [1.29, 1.82) is 5.26 Å². The van der Waals surface area contributed by atoms with Crippen molar-refractivity contribution >= 4 is 11.8 Å². The minimum Gasteiger partial charge on any atom is -0.299 e. The molecule has 1 saturated carbocycles. The maximum atomic E-state index is 13.0. The third kappa shape index (κ3) is 3.97. The van der Waals surface area contributed by atoms with E-state index in [1.165, 1.54) is 17.8 Å². The summed E-state index contributed by atoms with van der Waals surface area (Å²) in [4.78, 5) is 0.692. The van der Waals surface area contributed by atoms with Gasteiger partial charge >= 0.3 is 0 Å². The van der Waals surface area contributed by atoms with Crippen LogP contribution in [0.15, 0.2) is 23.1 Å². The molecule has 1 atom stereocenters. The molecule has 1 aromatic carbocycles. The molecule has 1 aliphatic rings. The van der Waals surface area contributed by atoms with Gasteiger partial charge in [-0.3, -0.25) is 5.32 Å². The van der Waals surface area contributed by atoms with Crippen LogP contribution in [0.3, 0.4) is 0 Å². The van der Waals surface area contributed by atoms with Crippen LogP contribution in [0.2, 0.25) is 0 Å². The van der Waals surface area contributed by atoms with Gasteiger partial charge in [0.1, 0.15) is 0 Å². The van der Waals surface area contributed by atoms with Crippen molar-refractivity contribution in [2.45, 2.75) is 36.2 Å². The van der Waals surface area contributed by atoms with Gasteiger partial charge in [-0.1, -0.05) is 0 Å². The van der Waals surface area contributed by atoms with Gasteiger partial charge in [0.2, 0.25) is 0 Å². The molecule has 0 aliphatic heterocycles. The third-order valence-corrected chi connectivity index (χ3v) is 3.76. The number of hydrogen-bond acceptors (Lipinski definition) is 3. The van der Waals surface area contributed by atoms with Crippen LogP contribution in [0.5, 0.6) is 0 Å². The number of benzene rings is 1.